The van der Waals surface area contributed by atoms with Gasteiger partial charge in [-0.3, -0.25) is 9.69 Å². The third-order valence-electron chi connectivity index (χ3n) is 5.61. The van der Waals surface area contributed by atoms with E-state index in [0.29, 0.717) is 12.6 Å². The van der Waals surface area contributed by atoms with Gasteiger partial charge in [-0.2, -0.15) is 0 Å². The molecule has 0 saturated heterocycles. The highest BCUT2D eigenvalue weighted by Gasteiger charge is 2.32. The zero-order valence-corrected chi connectivity index (χ0v) is 16.4. The normalized spacial score (nSPS) is 27.0. The number of thiophene rings is 2. The maximum atomic E-state index is 12.7. The van der Waals surface area contributed by atoms with Crippen LogP contribution in [0.3, 0.4) is 0 Å². The highest BCUT2D eigenvalue weighted by atomic mass is 32.1. The fraction of sp³-hybridized carbons (Fsp3) is 0.550. The lowest BCUT2D eigenvalue weighted by Gasteiger charge is -2.35. The van der Waals surface area contributed by atoms with Crippen LogP contribution < -0.4 is 5.32 Å². The number of fused-ring (bicyclic) bond motifs is 1. The van der Waals surface area contributed by atoms with Crippen molar-refractivity contribution >= 4 is 28.6 Å². The number of hydrogen-bond donors (Lipinski definition) is 1. The van der Waals surface area contributed by atoms with Crippen LogP contribution in [-0.4, -0.2) is 29.9 Å². The van der Waals surface area contributed by atoms with Crippen LogP contribution in [0.25, 0.3) is 0 Å². The number of amides is 1. The molecule has 3 heterocycles. The summed E-state index contributed by atoms with van der Waals surface area (Å²) in [6.07, 6.45) is 5.81. The quantitative estimate of drug-likeness (QED) is 0.857. The molecule has 1 aliphatic heterocycles. The Morgan fingerprint density at radius 1 is 1.20 bits per heavy atom. The van der Waals surface area contributed by atoms with E-state index >= 15 is 0 Å². The summed E-state index contributed by atoms with van der Waals surface area (Å²) in [4.78, 5) is 17.9. The van der Waals surface area contributed by atoms with Crippen LogP contribution in [0, 0.1) is 5.92 Å². The lowest BCUT2D eigenvalue weighted by molar-refractivity contribution is -0.123. The minimum absolute atomic E-state index is 0.194. The molecule has 3 nitrogen and oxygen atoms in total. The average molecular weight is 375 g/mol. The Kier molecular flexibility index (Phi) is 5.25. The van der Waals surface area contributed by atoms with Crippen molar-refractivity contribution in [3.63, 3.8) is 0 Å². The Labute approximate surface area is 158 Å². The summed E-state index contributed by atoms with van der Waals surface area (Å²) in [6, 6.07) is 7.19. The number of nitrogens with zero attached hydrogens (tertiary/aromatic N) is 1. The van der Waals surface area contributed by atoms with Crippen molar-refractivity contribution in [1.82, 2.24) is 10.2 Å². The van der Waals surface area contributed by atoms with E-state index in [0.717, 1.165) is 31.7 Å². The van der Waals surface area contributed by atoms with Crippen molar-refractivity contribution in [2.24, 2.45) is 5.92 Å². The topological polar surface area (TPSA) is 32.3 Å². The van der Waals surface area contributed by atoms with Gasteiger partial charge in [0.25, 0.3) is 0 Å². The molecule has 1 N–H and O–H groups in total. The van der Waals surface area contributed by atoms with Crippen molar-refractivity contribution in [1.29, 1.82) is 0 Å². The van der Waals surface area contributed by atoms with E-state index in [9.17, 15) is 4.79 Å². The number of carbonyl (C=O) groups excluding carboxylic acids is 1. The molecule has 2 aromatic rings. The van der Waals surface area contributed by atoms with Crippen molar-refractivity contribution < 1.29 is 4.79 Å². The highest BCUT2D eigenvalue weighted by molar-refractivity contribution is 7.10. The van der Waals surface area contributed by atoms with Crippen molar-refractivity contribution in [3.8, 4) is 0 Å². The SMILES string of the molecule is CC1CCC(NC(=O)CN2CCc3sccc3C2c2cccs2)CC1. The second kappa shape index (κ2) is 7.60. The summed E-state index contributed by atoms with van der Waals surface area (Å²) >= 11 is 3.65. The molecule has 4 rings (SSSR count). The zero-order chi connectivity index (χ0) is 17.2. The van der Waals surface area contributed by atoms with E-state index < -0.39 is 0 Å². The van der Waals surface area contributed by atoms with Gasteiger partial charge < -0.3 is 5.32 Å². The van der Waals surface area contributed by atoms with E-state index in [1.165, 1.54) is 28.2 Å². The van der Waals surface area contributed by atoms with Gasteiger partial charge in [-0.05, 0) is 66.5 Å². The highest BCUT2D eigenvalue weighted by Crippen LogP contribution is 2.39. The molecule has 0 radical (unpaired) electrons. The molecule has 1 saturated carbocycles. The standard InChI is InChI=1S/C20H26N2OS2/c1-14-4-6-15(7-5-14)21-19(23)13-22-10-8-17-16(9-12-25-17)20(22)18-3-2-11-24-18/h2-3,9,11-12,14-15,20H,4-8,10,13H2,1H3,(H,21,23). The van der Waals surface area contributed by atoms with Crippen molar-refractivity contribution in [3.05, 3.63) is 44.3 Å². The van der Waals surface area contributed by atoms with E-state index in [1.54, 1.807) is 11.3 Å². The summed E-state index contributed by atoms with van der Waals surface area (Å²) in [5.41, 5.74) is 1.40. The maximum absolute atomic E-state index is 12.7. The summed E-state index contributed by atoms with van der Waals surface area (Å²) in [5.74, 6) is 1.01. The Morgan fingerprint density at radius 3 is 2.80 bits per heavy atom. The number of carbonyl (C=O) groups is 1. The lowest BCUT2D eigenvalue weighted by Crippen LogP contribution is -2.46. The number of rotatable bonds is 4. The molecular weight excluding hydrogens is 348 g/mol. The first-order valence-electron chi connectivity index (χ1n) is 9.34. The van der Waals surface area contributed by atoms with Crippen LogP contribution in [0.4, 0.5) is 0 Å². The Hall–Kier alpha value is -1.17. The van der Waals surface area contributed by atoms with Crippen molar-refractivity contribution in [2.75, 3.05) is 13.1 Å². The van der Waals surface area contributed by atoms with E-state index in [4.69, 9.17) is 0 Å². The minimum Gasteiger partial charge on any atom is -0.352 e. The first-order chi connectivity index (χ1) is 12.2. The predicted octanol–water partition coefficient (Wildman–Crippen LogP) is 4.45. The lowest BCUT2D eigenvalue weighted by atomic mass is 9.87. The van der Waals surface area contributed by atoms with Gasteiger partial charge in [0.05, 0.1) is 12.6 Å². The molecular formula is C20H26N2OS2. The van der Waals surface area contributed by atoms with Gasteiger partial charge in [0.1, 0.15) is 0 Å². The Bertz CT molecular complexity index is 701. The van der Waals surface area contributed by atoms with Gasteiger partial charge in [-0.25, -0.2) is 0 Å². The van der Waals surface area contributed by atoms with Gasteiger partial charge in [-0.15, -0.1) is 22.7 Å². The smallest absolute Gasteiger partial charge is 0.234 e. The molecule has 1 amide bonds. The molecule has 25 heavy (non-hydrogen) atoms. The molecule has 134 valence electrons. The third-order valence-corrected chi connectivity index (χ3v) is 7.53. The average Bonchev–Trinajstić information content (AvgIpc) is 3.28. The first-order valence-corrected chi connectivity index (χ1v) is 11.1. The summed E-state index contributed by atoms with van der Waals surface area (Å²) in [6.45, 7) is 3.78. The number of nitrogens with one attached hydrogen (secondary N) is 1. The summed E-state index contributed by atoms with van der Waals surface area (Å²) in [7, 11) is 0. The zero-order valence-electron chi connectivity index (χ0n) is 14.7. The van der Waals surface area contributed by atoms with E-state index in [1.807, 2.05) is 11.3 Å². The molecule has 0 bridgehead atoms. The molecule has 1 aliphatic carbocycles. The van der Waals surface area contributed by atoms with Crippen LogP contribution in [0.1, 0.15) is 54.0 Å². The molecule has 5 heteroatoms. The monoisotopic (exact) mass is 374 g/mol. The van der Waals surface area contributed by atoms with Gasteiger partial charge >= 0.3 is 0 Å². The number of hydrogen-bond acceptors (Lipinski definition) is 4. The second-order valence-corrected chi connectivity index (χ2v) is 9.44. The van der Waals surface area contributed by atoms with Gasteiger partial charge in [0, 0.05) is 22.3 Å². The fourth-order valence-corrected chi connectivity index (χ4v) is 5.96. The second-order valence-electron chi connectivity index (χ2n) is 7.46. The molecule has 1 fully saturated rings. The van der Waals surface area contributed by atoms with E-state index in [2.05, 4.69) is 46.1 Å². The first kappa shape index (κ1) is 17.3. The summed E-state index contributed by atoms with van der Waals surface area (Å²) < 4.78 is 0. The van der Waals surface area contributed by atoms with Crippen LogP contribution >= 0.6 is 22.7 Å². The summed E-state index contributed by atoms with van der Waals surface area (Å²) in [5, 5.41) is 7.62. The molecule has 1 unspecified atom stereocenters. The third kappa shape index (κ3) is 3.83. The van der Waals surface area contributed by atoms with Gasteiger partial charge in [-0.1, -0.05) is 13.0 Å². The van der Waals surface area contributed by atoms with Crippen LogP contribution in [0.5, 0.6) is 0 Å². The fourth-order valence-electron chi connectivity index (χ4n) is 4.18. The van der Waals surface area contributed by atoms with Crippen molar-refractivity contribution in [2.45, 2.75) is 51.1 Å². The molecule has 0 spiro atoms. The van der Waals surface area contributed by atoms with Crippen LogP contribution in [0.15, 0.2) is 29.0 Å². The van der Waals surface area contributed by atoms with E-state index in [-0.39, 0.29) is 11.9 Å². The molecule has 1 atom stereocenters. The largest absolute Gasteiger partial charge is 0.352 e. The van der Waals surface area contributed by atoms with Gasteiger partial charge in [0.15, 0.2) is 0 Å². The van der Waals surface area contributed by atoms with Crippen LogP contribution in [-0.2, 0) is 11.2 Å². The predicted molar refractivity (Wildman–Crippen MR) is 105 cm³/mol. The van der Waals surface area contributed by atoms with Crippen LogP contribution in [0.2, 0.25) is 0 Å². The maximum Gasteiger partial charge on any atom is 0.234 e. The Balaban J connectivity index is 1.45. The molecule has 0 aromatic carbocycles. The Morgan fingerprint density at radius 2 is 2.04 bits per heavy atom. The minimum atomic E-state index is 0.194. The van der Waals surface area contributed by atoms with Gasteiger partial charge in [0.2, 0.25) is 5.91 Å². The molecule has 2 aromatic heterocycles. The molecule has 2 aliphatic rings.